The number of hydrogen-bond donors (Lipinski definition) is 2. The first-order valence-electron chi connectivity index (χ1n) is 9.92. The molecule has 0 saturated carbocycles. The summed E-state index contributed by atoms with van der Waals surface area (Å²) >= 11 is 0. The van der Waals surface area contributed by atoms with Crippen molar-refractivity contribution in [2.24, 2.45) is 0 Å². The Hall–Kier alpha value is -4.00. The number of rotatable bonds is 5. The highest BCUT2D eigenvalue weighted by molar-refractivity contribution is 6.00. The number of benzene rings is 2. The lowest BCUT2D eigenvalue weighted by Crippen LogP contribution is -2.29. The van der Waals surface area contributed by atoms with Crippen LogP contribution in [0.2, 0.25) is 0 Å². The normalized spacial score (nSPS) is 15.4. The number of aromatic hydroxyl groups is 1. The molecule has 0 unspecified atom stereocenters. The van der Waals surface area contributed by atoms with Gasteiger partial charge in [-0.05, 0) is 48.9 Å². The molecule has 1 aliphatic rings. The van der Waals surface area contributed by atoms with Crippen LogP contribution in [-0.4, -0.2) is 33.2 Å². The number of furan rings is 1. The summed E-state index contributed by atoms with van der Waals surface area (Å²) < 4.78 is 10.9. The van der Waals surface area contributed by atoms with E-state index in [2.05, 4.69) is 10.2 Å². The highest BCUT2D eigenvalue weighted by Crippen LogP contribution is 2.45. The van der Waals surface area contributed by atoms with E-state index >= 15 is 0 Å². The second kappa shape index (κ2) is 7.36. The zero-order chi connectivity index (χ0) is 21.5. The Morgan fingerprint density at radius 2 is 2.06 bits per heavy atom. The highest BCUT2D eigenvalue weighted by Gasteiger charge is 2.43. The van der Waals surface area contributed by atoms with Crippen LogP contribution in [0.25, 0.3) is 11.3 Å². The van der Waals surface area contributed by atoms with E-state index in [-0.39, 0.29) is 11.7 Å². The minimum atomic E-state index is -0.420. The van der Waals surface area contributed by atoms with E-state index in [1.165, 1.54) is 0 Å². The van der Waals surface area contributed by atoms with Gasteiger partial charge in [0.1, 0.15) is 28.6 Å². The van der Waals surface area contributed by atoms with Gasteiger partial charge in [0.15, 0.2) is 0 Å². The van der Waals surface area contributed by atoms with Gasteiger partial charge in [-0.25, -0.2) is 0 Å². The number of amides is 1. The van der Waals surface area contributed by atoms with Gasteiger partial charge in [0.2, 0.25) is 0 Å². The van der Waals surface area contributed by atoms with Crippen LogP contribution in [0, 0.1) is 6.92 Å². The fraction of sp³-hybridized carbons (Fsp3) is 0.167. The predicted octanol–water partition coefficient (Wildman–Crippen LogP) is 4.44. The molecule has 1 atom stereocenters. The van der Waals surface area contributed by atoms with E-state index in [1.807, 2.05) is 49.4 Å². The first kappa shape index (κ1) is 19.0. The van der Waals surface area contributed by atoms with Gasteiger partial charge in [-0.3, -0.25) is 9.89 Å². The van der Waals surface area contributed by atoms with E-state index < -0.39 is 6.04 Å². The molecule has 1 aliphatic heterocycles. The van der Waals surface area contributed by atoms with Crippen molar-refractivity contribution in [2.75, 3.05) is 7.11 Å². The smallest absolute Gasteiger partial charge is 0.273 e. The molecule has 0 saturated heterocycles. The monoisotopic (exact) mass is 415 g/mol. The van der Waals surface area contributed by atoms with E-state index in [1.54, 1.807) is 30.4 Å². The molecule has 1 amide bonds. The molecule has 0 aliphatic carbocycles. The van der Waals surface area contributed by atoms with Crippen LogP contribution < -0.4 is 4.74 Å². The maximum Gasteiger partial charge on any atom is 0.273 e. The molecule has 31 heavy (non-hydrogen) atoms. The van der Waals surface area contributed by atoms with Crippen LogP contribution >= 0.6 is 0 Å². The third-order valence-corrected chi connectivity index (χ3v) is 5.59. The summed E-state index contributed by atoms with van der Waals surface area (Å²) in [6, 6.07) is 16.2. The number of nitrogens with one attached hydrogen (secondary N) is 1. The van der Waals surface area contributed by atoms with Crippen molar-refractivity contribution in [3.05, 3.63) is 89.0 Å². The van der Waals surface area contributed by atoms with Crippen molar-refractivity contribution in [3.63, 3.8) is 0 Å². The third-order valence-electron chi connectivity index (χ3n) is 5.59. The fourth-order valence-electron chi connectivity index (χ4n) is 4.13. The van der Waals surface area contributed by atoms with Gasteiger partial charge < -0.3 is 19.2 Å². The van der Waals surface area contributed by atoms with Crippen molar-refractivity contribution in [1.29, 1.82) is 0 Å². The standard InChI is InChI=1S/C24H21N3O4/c1-14-8-9-19(28)18(11-14)21-20-22(26-25-21)24(29)27(13-17-7-4-10-31-17)23(20)15-5-3-6-16(12-15)30-2/h3-12,23,28H,13H2,1-2H3,(H,25,26)/t23-/m1/s1. The fourth-order valence-corrected chi connectivity index (χ4v) is 4.13. The zero-order valence-corrected chi connectivity index (χ0v) is 17.1. The van der Waals surface area contributed by atoms with Crippen molar-refractivity contribution in [1.82, 2.24) is 15.1 Å². The van der Waals surface area contributed by atoms with E-state index in [4.69, 9.17) is 9.15 Å². The lowest BCUT2D eigenvalue weighted by atomic mass is 9.95. The first-order valence-corrected chi connectivity index (χ1v) is 9.92. The number of methoxy groups -OCH3 is 1. The summed E-state index contributed by atoms with van der Waals surface area (Å²) in [4.78, 5) is 15.1. The Morgan fingerprint density at radius 1 is 1.19 bits per heavy atom. The number of nitrogens with zero attached hydrogens (tertiary/aromatic N) is 2. The summed E-state index contributed by atoms with van der Waals surface area (Å²) in [6.45, 7) is 2.25. The molecule has 7 heteroatoms. The molecule has 0 spiro atoms. The number of H-pyrrole nitrogens is 1. The van der Waals surface area contributed by atoms with Crippen molar-refractivity contribution in [2.45, 2.75) is 19.5 Å². The van der Waals surface area contributed by atoms with Gasteiger partial charge >= 0.3 is 0 Å². The minimum Gasteiger partial charge on any atom is -0.507 e. The molecule has 4 aromatic rings. The summed E-state index contributed by atoms with van der Waals surface area (Å²) in [5.74, 6) is 1.31. The van der Waals surface area contributed by atoms with Gasteiger partial charge in [-0.1, -0.05) is 23.8 Å². The maximum absolute atomic E-state index is 13.4. The summed E-state index contributed by atoms with van der Waals surface area (Å²) in [5.41, 5.74) is 4.14. The van der Waals surface area contributed by atoms with E-state index in [0.29, 0.717) is 35.0 Å². The molecular formula is C24H21N3O4. The summed E-state index contributed by atoms with van der Waals surface area (Å²) in [7, 11) is 1.61. The average Bonchev–Trinajstić information content (AvgIpc) is 3.50. The largest absolute Gasteiger partial charge is 0.507 e. The number of carbonyl (C=O) groups excluding carboxylic acids is 1. The second-order valence-electron chi connectivity index (χ2n) is 7.57. The molecule has 7 nitrogen and oxygen atoms in total. The van der Waals surface area contributed by atoms with Crippen LogP contribution in [0.5, 0.6) is 11.5 Å². The molecule has 0 radical (unpaired) electrons. The minimum absolute atomic E-state index is 0.112. The molecule has 2 aromatic heterocycles. The predicted molar refractivity (Wildman–Crippen MR) is 114 cm³/mol. The lowest BCUT2D eigenvalue weighted by molar-refractivity contribution is 0.0717. The number of phenols is 1. The van der Waals surface area contributed by atoms with Crippen LogP contribution in [0.1, 0.15) is 39.0 Å². The Bertz CT molecular complexity index is 1260. The number of fused-ring (bicyclic) bond motifs is 1. The number of aryl methyl sites for hydroxylation is 1. The van der Waals surface area contributed by atoms with Crippen molar-refractivity contribution in [3.8, 4) is 22.8 Å². The van der Waals surface area contributed by atoms with Gasteiger partial charge in [-0.15, -0.1) is 0 Å². The number of hydrogen-bond acceptors (Lipinski definition) is 5. The van der Waals surface area contributed by atoms with Crippen LogP contribution in [0.3, 0.4) is 0 Å². The van der Waals surface area contributed by atoms with E-state index in [9.17, 15) is 9.90 Å². The van der Waals surface area contributed by atoms with Crippen molar-refractivity contribution < 1.29 is 19.1 Å². The number of aromatic amines is 1. The summed E-state index contributed by atoms with van der Waals surface area (Å²) in [6.07, 6.45) is 1.59. The molecular weight excluding hydrogens is 394 g/mol. The van der Waals surface area contributed by atoms with Crippen molar-refractivity contribution >= 4 is 5.91 Å². The molecule has 3 heterocycles. The van der Waals surface area contributed by atoms with Crippen LogP contribution in [-0.2, 0) is 6.54 Å². The van der Waals surface area contributed by atoms with Gasteiger partial charge in [0.05, 0.1) is 26.0 Å². The zero-order valence-electron chi connectivity index (χ0n) is 17.1. The maximum atomic E-state index is 13.4. The SMILES string of the molecule is COc1cccc([C@@H]2c3c(-c4cc(C)ccc4O)n[nH]c3C(=O)N2Cc2ccco2)c1. The lowest BCUT2D eigenvalue weighted by Gasteiger charge is -2.26. The molecule has 0 bridgehead atoms. The van der Waals surface area contributed by atoms with E-state index in [0.717, 1.165) is 16.7 Å². The number of ether oxygens (including phenoxy) is 1. The average molecular weight is 415 g/mol. The second-order valence-corrected chi connectivity index (χ2v) is 7.57. The topological polar surface area (TPSA) is 91.6 Å². The molecule has 5 rings (SSSR count). The van der Waals surface area contributed by atoms with Crippen LogP contribution in [0.4, 0.5) is 0 Å². The first-order chi connectivity index (χ1) is 15.1. The highest BCUT2D eigenvalue weighted by atomic mass is 16.5. The Kier molecular flexibility index (Phi) is 4.51. The molecule has 2 aromatic carbocycles. The number of phenolic OH excluding ortho intramolecular Hbond substituents is 1. The Balaban J connectivity index is 1.70. The van der Waals surface area contributed by atoms with Crippen LogP contribution in [0.15, 0.2) is 65.3 Å². The number of aromatic nitrogens is 2. The molecule has 156 valence electrons. The van der Waals surface area contributed by atoms with Gasteiger partial charge in [0, 0.05) is 11.1 Å². The van der Waals surface area contributed by atoms with Gasteiger partial charge in [0.25, 0.3) is 5.91 Å². The van der Waals surface area contributed by atoms with Gasteiger partial charge in [-0.2, -0.15) is 5.10 Å². The quantitative estimate of drug-likeness (QED) is 0.503. The molecule has 2 N–H and O–H groups in total. The third kappa shape index (κ3) is 3.15. The molecule has 0 fully saturated rings. The number of carbonyl (C=O) groups is 1. The Morgan fingerprint density at radius 3 is 2.84 bits per heavy atom. The summed E-state index contributed by atoms with van der Waals surface area (Å²) in [5, 5.41) is 17.9. The Labute approximate surface area is 178 Å².